The van der Waals surface area contributed by atoms with Gasteiger partial charge in [0.05, 0.1) is 0 Å². The van der Waals surface area contributed by atoms with Crippen LogP contribution in [0.1, 0.15) is 5.69 Å². The van der Waals surface area contributed by atoms with E-state index in [0.717, 1.165) is 5.69 Å². The van der Waals surface area contributed by atoms with E-state index in [2.05, 4.69) is 19.9 Å². The first-order chi connectivity index (χ1) is 7.66. The second-order valence-electron chi connectivity index (χ2n) is 2.96. The summed E-state index contributed by atoms with van der Waals surface area (Å²) < 4.78 is 0. The Morgan fingerprint density at radius 3 is 2.88 bits per heavy atom. The lowest BCUT2D eigenvalue weighted by atomic mass is 10.5. The maximum Gasteiger partial charge on any atom is 0.194 e. The molecule has 0 atom stereocenters. The van der Waals surface area contributed by atoms with Crippen molar-refractivity contribution in [2.75, 3.05) is 5.73 Å². The van der Waals surface area contributed by atoms with Crippen molar-refractivity contribution >= 4 is 29.2 Å². The third-order valence-electron chi connectivity index (χ3n) is 1.75. The van der Waals surface area contributed by atoms with Crippen molar-refractivity contribution in [1.29, 1.82) is 0 Å². The van der Waals surface area contributed by atoms with Crippen LogP contribution >= 0.6 is 23.4 Å². The largest absolute Gasteiger partial charge is 0.382 e. The molecule has 0 amide bonds. The van der Waals surface area contributed by atoms with E-state index in [0.29, 0.717) is 15.2 Å². The highest BCUT2D eigenvalue weighted by Crippen LogP contribution is 2.31. The molecule has 0 aliphatic heterocycles. The monoisotopic (exact) mass is 253 g/mol. The highest BCUT2D eigenvalue weighted by molar-refractivity contribution is 7.99. The minimum atomic E-state index is 0.256. The van der Waals surface area contributed by atoms with Gasteiger partial charge in [-0.3, -0.25) is 0 Å². The van der Waals surface area contributed by atoms with Crippen molar-refractivity contribution in [1.82, 2.24) is 19.9 Å². The molecular weight excluding hydrogens is 246 g/mol. The SMILES string of the molecule is Cc1ccnc(Sc2ncnc(N)c2Cl)n1. The molecule has 5 nitrogen and oxygen atoms in total. The molecule has 0 saturated heterocycles. The van der Waals surface area contributed by atoms with Crippen LogP contribution in [-0.2, 0) is 0 Å². The molecule has 2 N–H and O–H groups in total. The van der Waals surface area contributed by atoms with E-state index in [1.54, 1.807) is 6.20 Å². The average molecular weight is 254 g/mol. The second kappa shape index (κ2) is 4.63. The Morgan fingerprint density at radius 1 is 1.31 bits per heavy atom. The zero-order valence-corrected chi connectivity index (χ0v) is 9.96. The normalized spacial score (nSPS) is 10.4. The molecule has 0 aromatic carbocycles. The Hall–Kier alpha value is -1.40. The predicted molar refractivity (Wildman–Crippen MR) is 62.3 cm³/mol. The number of hydrogen-bond donors (Lipinski definition) is 1. The number of rotatable bonds is 2. The topological polar surface area (TPSA) is 77.6 Å². The molecule has 0 fully saturated rings. The van der Waals surface area contributed by atoms with Crippen LogP contribution < -0.4 is 5.73 Å². The fourth-order valence-corrected chi connectivity index (χ4v) is 1.98. The van der Waals surface area contributed by atoms with Crippen LogP contribution in [0.4, 0.5) is 5.82 Å². The fraction of sp³-hybridized carbons (Fsp3) is 0.111. The van der Waals surface area contributed by atoms with Gasteiger partial charge in [0, 0.05) is 11.9 Å². The molecule has 2 aromatic rings. The van der Waals surface area contributed by atoms with Gasteiger partial charge in [-0.25, -0.2) is 19.9 Å². The molecule has 0 radical (unpaired) electrons. The smallest absolute Gasteiger partial charge is 0.194 e. The maximum absolute atomic E-state index is 5.96. The second-order valence-corrected chi connectivity index (χ2v) is 4.29. The number of nitrogen functional groups attached to an aromatic ring is 1. The van der Waals surface area contributed by atoms with Crippen LogP contribution in [0.15, 0.2) is 28.8 Å². The van der Waals surface area contributed by atoms with Gasteiger partial charge in [0.25, 0.3) is 0 Å². The molecule has 16 heavy (non-hydrogen) atoms. The van der Waals surface area contributed by atoms with Crippen molar-refractivity contribution in [3.05, 3.63) is 29.3 Å². The minimum absolute atomic E-state index is 0.256. The van der Waals surface area contributed by atoms with Gasteiger partial charge >= 0.3 is 0 Å². The van der Waals surface area contributed by atoms with E-state index in [9.17, 15) is 0 Å². The quantitative estimate of drug-likeness (QED) is 0.651. The van der Waals surface area contributed by atoms with E-state index in [4.69, 9.17) is 17.3 Å². The molecule has 0 aliphatic carbocycles. The molecule has 2 rings (SSSR count). The van der Waals surface area contributed by atoms with Crippen LogP contribution in [0.2, 0.25) is 5.02 Å². The lowest BCUT2D eigenvalue weighted by molar-refractivity contribution is 0.925. The lowest BCUT2D eigenvalue weighted by Gasteiger charge is -2.03. The molecule has 0 unspecified atom stereocenters. The van der Waals surface area contributed by atoms with Gasteiger partial charge in [-0.05, 0) is 24.8 Å². The summed E-state index contributed by atoms with van der Waals surface area (Å²) in [4.78, 5) is 16.1. The van der Waals surface area contributed by atoms with Crippen molar-refractivity contribution in [2.24, 2.45) is 0 Å². The molecule has 0 aliphatic rings. The third-order valence-corrected chi connectivity index (χ3v) is 3.11. The summed E-state index contributed by atoms with van der Waals surface area (Å²) in [5, 5.41) is 1.47. The summed E-state index contributed by atoms with van der Waals surface area (Å²) in [6, 6.07) is 1.82. The van der Waals surface area contributed by atoms with Gasteiger partial charge in [-0.15, -0.1) is 0 Å². The molecule has 0 bridgehead atoms. The summed E-state index contributed by atoms with van der Waals surface area (Å²) in [6.45, 7) is 1.89. The number of anilines is 1. The van der Waals surface area contributed by atoms with Gasteiger partial charge in [0.2, 0.25) is 0 Å². The Bertz CT molecular complexity index is 519. The fourth-order valence-electron chi connectivity index (χ4n) is 0.999. The maximum atomic E-state index is 5.96. The lowest BCUT2D eigenvalue weighted by Crippen LogP contribution is -1.95. The minimum Gasteiger partial charge on any atom is -0.382 e. The standard InChI is InChI=1S/C9H8ClN5S/c1-5-2-3-12-9(15-5)16-8-6(10)7(11)13-4-14-8/h2-4H,1H3,(H2,11,13,14). The summed E-state index contributed by atoms with van der Waals surface area (Å²) in [5.41, 5.74) is 6.45. The highest BCUT2D eigenvalue weighted by Gasteiger charge is 2.09. The summed E-state index contributed by atoms with van der Waals surface area (Å²) in [7, 11) is 0. The molecule has 0 saturated carbocycles. The molecular formula is C9H8ClN5S. The van der Waals surface area contributed by atoms with Crippen LogP contribution in [0.5, 0.6) is 0 Å². The zero-order chi connectivity index (χ0) is 11.5. The Balaban J connectivity index is 2.31. The van der Waals surface area contributed by atoms with E-state index >= 15 is 0 Å². The third kappa shape index (κ3) is 2.40. The number of aromatic nitrogens is 4. The van der Waals surface area contributed by atoms with E-state index < -0.39 is 0 Å². The van der Waals surface area contributed by atoms with Gasteiger partial charge < -0.3 is 5.73 Å². The molecule has 0 spiro atoms. The highest BCUT2D eigenvalue weighted by atomic mass is 35.5. The molecule has 2 heterocycles. The number of nitrogens with zero attached hydrogens (tertiary/aromatic N) is 4. The first kappa shape index (κ1) is 11.1. The number of nitrogens with two attached hydrogens (primary N) is 1. The number of hydrogen-bond acceptors (Lipinski definition) is 6. The zero-order valence-electron chi connectivity index (χ0n) is 8.38. The van der Waals surface area contributed by atoms with Gasteiger partial charge in [0.15, 0.2) is 5.16 Å². The van der Waals surface area contributed by atoms with Crippen molar-refractivity contribution < 1.29 is 0 Å². The van der Waals surface area contributed by atoms with Gasteiger partial charge in [-0.2, -0.15) is 0 Å². The van der Waals surface area contributed by atoms with Crippen molar-refractivity contribution in [3.63, 3.8) is 0 Å². The van der Waals surface area contributed by atoms with E-state index in [-0.39, 0.29) is 5.82 Å². The van der Waals surface area contributed by atoms with Crippen LogP contribution in [0, 0.1) is 6.92 Å². The van der Waals surface area contributed by atoms with Gasteiger partial charge in [-0.1, -0.05) is 11.6 Å². The first-order valence-electron chi connectivity index (χ1n) is 4.40. The van der Waals surface area contributed by atoms with Crippen LogP contribution in [-0.4, -0.2) is 19.9 Å². The van der Waals surface area contributed by atoms with Crippen LogP contribution in [0.3, 0.4) is 0 Å². The summed E-state index contributed by atoms with van der Waals surface area (Å²) in [6.07, 6.45) is 3.04. The molecule has 7 heteroatoms. The average Bonchev–Trinajstić information content (AvgIpc) is 2.25. The molecule has 2 aromatic heterocycles. The Labute approximate surface area is 101 Å². The Kier molecular flexibility index (Phi) is 3.21. The number of aryl methyl sites for hydroxylation is 1. The van der Waals surface area contributed by atoms with E-state index in [1.165, 1.54) is 18.1 Å². The first-order valence-corrected chi connectivity index (χ1v) is 5.60. The Morgan fingerprint density at radius 2 is 2.12 bits per heavy atom. The predicted octanol–water partition coefficient (Wildman–Crippen LogP) is 1.96. The van der Waals surface area contributed by atoms with E-state index in [1.807, 2.05) is 13.0 Å². The number of halogens is 1. The summed E-state index contributed by atoms with van der Waals surface area (Å²) >= 11 is 7.21. The van der Waals surface area contributed by atoms with Crippen molar-refractivity contribution in [3.8, 4) is 0 Å². The van der Waals surface area contributed by atoms with Crippen molar-refractivity contribution in [2.45, 2.75) is 17.1 Å². The van der Waals surface area contributed by atoms with Crippen LogP contribution in [0.25, 0.3) is 0 Å². The molecule has 82 valence electrons. The van der Waals surface area contributed by atoms with Gasteiger partial charge in [0.1, 0.15) is 22.2 Å². The summed E-state index contributed by atoms with van der Waals surface area (Å²) in [5.74, 6) is 0.256.